The van der Waals surface area contributed by atoms with E-state index in [9.17, 15) is 9.18 Å². The first kappa shape index (κ1) is 14.4. The van der Waals surface area contributed by atoms with E-state index in [-0.39, 0.29) is 5.78 Å². The topological polar surface area (TPSA) is 32.9 Å². The van der Waals surface area contributed by atoms with Crippen LogP contribution >= 0.6 is 0 Å². The van der Waals surface area contributed by atoms with Crippen molar-refractivity contribution >= 4 is 16.7 Å². The van der Waals surface area contributed by atoms with Gasteiger partial charge in [0.1, 0.15) is 5.82 Å². The number of ketones is 1. The number of fused-ring (bicyclic) bond motifs is 1. The summed E-state index contributed by atoms with van der Waals surface area (Å²) in [5.74, 6) is -0.604. The van der Waals surface area contributed by atoms with E-state index in [0.717, 1.165) is 22.2 Å². The van der Waals surface area contributed by atoms with Crippen LogP contribution in [0.5, 0.6) is 0 Å². The van der Waals surface area contributed by atoms with Gasteiger partial charge in [0.05, 0.1) is 11.3 Å². The van der Waals surface area contributed by atoms with Crippen LogP contribution in [-0.4, -0.2) is 10.8 Å². The third kappa shape index (κ3) is 2.40. The first-order valence-corrected chi connectivity index (χ1v) is 7.70. The Morgan fingerprint density at radius 1 is 0.833 bits per heavy atom. The van der Waals surface area contributed by atoms with Crippen LogP contribution in [0.15, 0.2) is 78.9 Å². The Morgan fingerprint density at radius 2 is 1.58 bits per heavy atom. The van der Waals surface area contributed by atoms with Gasteiger partial charge in [0.2, 0.25) is 0 Å². The number of nitrogens with one attached hydrogen (secondary N) is 1. The van der Waals surface area contributed by atoms with Crippen molar-refractivity contribution in [3.8, 4) is 11.3 Å². The Balaban J connectivity index is 1.98. The summed E-state index contributed by atoms with van der Waals surface area (Å²) >= 11 is 0. The predicted octanol–water partition coefficient (Wildman–Crippen LogP) is 5.21. The molecule has 0 atom stereocenters. The average molecular weight is 315 g/mol. The fourth-order valence-electron chi connectivity index (χ4n) is 2.97. The molecule has 4 aromatic rings. The maximum absolute atomic E-state index is 13.5. The van der Waals surface area contributed by atoms with Crippen LogP contribution in [0.3, 0.4) is 0 Å². The van der Waals surface area contributed by atoms with Crippen molar-refractivity contribution in [2.45, 2.75) is 0 Å². The quantitative estimate of drug-likeness (QED) is 0.518. The van der Waals surface area contributed by atoms with Gasteiger partial charge in [0, 0.05) is 16.5 Å². The first-order chi connectivity index (χ1) is 11.7. The summed E-state index contributed by atoms with van der Waals surface area (Å²) < 4.78 is 13.5. The maximum Gasteiger partial charge on any atom is 0.195 e. The highest BCUT2D eigenvalue weighted by molar-refractivity contribution is 6.20. The molecule has 1 heterocycles. The number of halogens is 1. The first-order valence-electron chi connectivity index (χ1n) is 7.70. The Morgan fingerprint density at radius 3 is 2.38 bits per heavy atom. The SMILES string of the molecule is O=C(c1cccc(F)c1)c1c(-c2ccccc2)[nH]c2ccccc12. The van der Waals surface area contributed by atoms with Crippen LogP contribution in [-0.2, 0) is 0 Å². The van der Waals surface area contributed by atoms with Crippen LogP contribution in [0.2, 0.25) is 0 Å². The normalized spacial score (nSPS) is 10.9. The van der Waals surface area contributed by atoms with E-state index in [0.29, 0.717) is 11.1 Å². The van der Waals surface area contributed by atoms with Gasteiger partial charge in [0.25, 0.3) is 0 Å². The van der Waals surface area contributed by atoms with Gasteiger partial charge in [-0.3, -0.25) is 4.79 Å². The monoisotopic (exact) mass is 315 g/mol. The Hall–Kier alpha value is -3.20. The summed E-state index contributed by atoms with van der Waals surface area (Å²) in [6.45, 7) is 0. The van der Waals surface area contributed by atoms with Crippen molar-refractivity contribution in [1.29, 1.82) is 0 Å². The van der Waals surface area contributed by atoms with Crippen molar-refractivity contribution in [2.24, 2.45) is 0 Å². The van der Waals surface area contributed by atoms with Crippen molar-refractivity contribution in [3.05, 3.63) is 95.8 Å². The molecular formula is C21H14FNO. The van der Waals surface area contributed by atoms with E-state index in [1.807, 2.05) is 54.6 Å². The number of hydrogen-bond donors (Lipinski definition) is 1. The molecule has 1 N–H and O–H groups in total. The smallest absolute Gasteiger partial charge is 0.195 e. The average Bonchev–Trinajstić information content (AvgIpc) is 3.01. The van der Waals surface area contributed by atoms with Gasteiger partial charge < -0.3 is 4.98 Å². The molecule has 0 saturated heterocycles. The van der Waals surface area contributed by atoms with E-state index in [1.165, 1.54) is 12.1 Å². The lowest BCUT2D eigenvalue weighted by molar-refractivity contribution is 0.104. The molecule has 0 unspecified atom stereocenters. The number of aromatic amines is 1. The van der Waals surface area contributed by atoms with E-state index >= 15 is 0 Å². The molecule has 4 rings (SSSR count). The maximum atomic E-state index is 13.5. The largest absolute Gasteiger partial charge is 0.354 e. The molecule has 0 saturated carbocycles. The lowest BCUT2D eigenvalue weighted by atomic mass is 9.97. The zero-order chi connectivity index (χ0) is 16.5. The third-order valence-electron chi connectivity index (χ3n) is 4.08. The van der Waals surface area contributed by atoms with Gasteiger partial charge in [-0.25, -0.2) is 4.39 Å². The number of benzene rings is 3. The second-order valence-corrected chi connectivity index (χ2v) is 5.63. The highest BCUT2D eigenvalue weighted by atomic mass is 19.1. The molecule has 0 spiro atoms. The van der Waals surface area contributed by atoms with E-state index in [4.69, 9.17) is 0 Å². The third-order valence-corrected chi connectivity index (χ3v) is 4.08. The predicted molar refractivity (Wildman–Crippen MR) is 93.6 cm³/mol. The van der Waals surface area contributed by atoms with Crippen LogP contribution in [0, 0.1) is 5.82 Å². The van der Waals surface area contributed by atoms with Crippen molar-refractivity contribution in [2.75, 3.05) is 0 Å². The minimum Gasteiger partial charge on any atom is -0.354 e. The number of rotatable bonds is 3. The van der Waals surface area contributed by atoms with E-state index in [1.54, 1.807) is 12.1 Å². The van der Waals surface area contributed by atoms with Crippen LogP contribution in [0.4, 0.5) is 4.39 Å². The highest BCUT2D eigenvalue weighted by Gasteiger charge is 2.20. The Bertz CT molecular complexity index is 1030. The molecule has 2 nitrogen and oxygen atoms in total. The zero-order valence-electron chi connectivity index (χ0n) is 12.8. The van der Waals surface area contributed by atoms with Gasteiger partial charge in [-0.05, 0) is 23.8 Å². The number of para-hydroxylation sites is 1. The summed E-state index contributed by atoms with van der Waals surface area (Å²) in [5.41, 5.74) is 3.48. The van der Waals surface area contributed by atoms with Gasteiger partial charge >= 0.3 is 0 Å². The molecule has 3 aromatic carbocycles. The van der Waals surface area contributed by atoms with Crippen molar-refractivity contribution in [3.63, 3.8) is 0 Å². The molecule has 1 aromatic heterocycles. The number of carbonyl (C=O) groups excluding carboxylic acids is 1. The Kier molecular flexibility index (Phi) is 3.47. The second kappa shape index (κ2) is 5.78. The summed E-state index contributed by atoms with van der Waals surface area (Å²) in [7, 11) is 0. The molecule has 0 aliphatic carbocycles. The standard InChI is InChI=1S/C21H14FNO/c22-16-10-6-9-15(13-16)21(24)19-17-11-4-5-12-18(17)23-20(19)14-7-2-1-3-8-14/h1-13,23H. The van der Waals surface area contributed by atoms with Crippen molar-refractivity contribution < 1.29 is 9.18 Å². The molecule has 0 aliphatic rings. The zero-order valence-corrected chi connectivity index (χ0v) is 12.8. The van der Waals surface area contributed by atoms with Gasteiger partial charge in [-0.15, -0.1) is 0 Å². The number of hydrogen-bond acceptors (Lipinski definition) is 1. The molecule has 3 heteroatoms. The summed E-state index contributed by atoms with van der Waals surface area (Å²) in [4.78, 5) is 16.4. The summed E-state index contributed by atoms with van der Waals surface area (Å²) in [6.07, 6.45) is 0. The van der Waals surface area contributed by atoms with Crippen LogP contribution in [0.1, 0.15) is 15.9 Å². The molecule has 0 radical (unpaired) electrons. The fraction of sp³-hybridized carbons (Fsp3) is 0. The molecule has 24 heavy (non-hydrogen) atoms. The fourth-order valence-corrected chi connectivity index (χ4v) is 2.97. The number of H-pyrrole nitrogens is 1. The number of aromatic nitrogens is 1. The Labute approximate surface area is 138 Å². The second-order valence-electron chi connectivity index (χ2n) is 5.63. The lowest BCUT2D eigenvalue weighted by Crippen LogP contribution is -2.03. The van der Waals surface area contributed by atoms with Gasteiger partial charge in [0.15, 0.2) is 5.78 Å². The molecule has 0 bridgehead atoms. The van der Waals surface area contributed by atoms with Gasteiger partial charge in [-0.2, -0.15) is 0 Å². The van der Waals surface area contributed by atoms with Gasteiger partial charge in [-0.1, -0.05) is 60.7 Å². The molecule has 0 aliphatic heterocycles. The van der Waals surface area contributed by atoms with Crippen LogP contribution in [0.25, 0.3) is 22.2 Å². The van der Waals surface area contributed by atoms with Crippen LogP contribution < -0.4 is 0 Å². The molecular weight excluding hydrogens is 301 g/mol. The summed E-state index contributed by atoms with van der Waals surface area (Å²) in [5, 5.41) is 0.839. The minimum absolute atomic E-state index is 0.189. The lowest BCUT2D eigenvalue weighted by Gasteiger charge is -2.05. The molecule has 0 fully saturated rings. The summed E-state index contributed by atoms with van der Waals surface area (Å²) in [6, 6.07) is 23.2. The highest BCUT2D eigenvalue weighted by Crippen LogP contribution is 2.32. The molecule has 0 amide bonds. The van der Waals surface area contributed by atoms with Crippen molar-refractivity contribution in [1.82, 2.24) is 4.98 Å². The minimum atomic E-state index is -0.415. The van der Waals surface area contributed by atoms with E-state index < -0.39 is 5.82 Å². The number of carbonyl (C=O) groups is 1. The van der Waals surface area contributed by atoms with E-state index in [2.05, 4.69) is 4.98 Å². The molecule has 116 valence electrons.